The maximum Gasteiger partial charge on any atom is 0.0740 e. The Hall–Kier alpha value is -2.04. The zero-order valence-electron chi connectivity index (χ0n) is 11.2. The number of hydrogen-bond donors (Lipinski definition) is 1. The van der Waals surface area contributed by atoms with E-state index >= 15 is 0 Å². The average Bonchev–Trinajstić information content (AvgIpc) is 2.97. The quantitative estimate of drug-likeness (QED) is 0.742. The lowest BCUT2D eigenvalue weighted by molar-refractivity contribution is 0.886. The van der Waals surface area contributed by atoms with Crippen molar-refractivity contribution < 1.29 is 0 Å². The molecule has 0 fully saturated rings. The number of rotatable bonds is 3. The van der Waals surface area contributed by atoms with E-state index in [1.807, 2.05) is 41.2 Å². The van der Waals surface area contributed by atoms with Gasteiger partial charge in [-0.25, -0.2) is 4.68 Å². The van der Waals surface area contributed by atoms with Gasteiger partial charge in [-0.1, -0.05) is 29.8 Å². The molecule has 0 saturated heterocycles. The fraction of sp³-hybridized carbons (Fsp3) is 0.0625. The molecule has 0 aliphatic rings. The molecular weight excluding hydrogens is 266 g/mol. The molecule has 1 heterocycles. The van der Waals surface area contributed by atoms with Crippen molar-refractivity contribution in [2.75, 3.05) is 0 Å². The zero-order valence-corrected chi connectivity index (χ0v) is 12.0. The van der Waals surface area contributed by atoms with Crippen LogP contribution in [0, 0.1) is 6.92 Å². The number of hydrogen-bond acceptors (Lipinski definition) is 3. The van der Waals surface area contributed by atoms with E-state index in [1.165, 1.54) is 17.5 Å². The van der Waals surface area contributed by atoms with Crippen LogP contribution in [0.25, 0.3) is 16.9 Å². The molecule has 1 aromatic heterocycles. The van der Waals surface area contributed by atoms with Gasteiger partial charge in [0, 0.05) is 10.5 Å². The van der Waals surface area contributed by atoms with Crippen LogP contribution in [0.15, 0.2) is 65.7 Å². The first kappa shape index (κ1) is 13.0. The van der Waals surface area contributed by atoms with Gasteiger partial charge in [-0.05, 0) is 49.2 Å². The lowest BCUT2D eigenvalue weighted by Crippen LogP contribution is -1.98. The summed E-state index contributed by atoms with van der Waals surface area (Å²) in [5, 5.41) is 9.97. The lowest BCUT2D eigenvalue weighted by atomic mass is 10.1. The second-order valence-corrected chi connectivity index (χ2v) is 5.31. The van der Waals surface area contributed by atoms with Crippen LogP contribution in [0.4, 0.5) is 0 Å². The molecule has 4 heteroatoms. The maximum absolute atomic E-state index is 5.55. The van der Waals surface area contributed by atoms with Gasteiger partial charge in [0.2, 0.25) is 0 Å². The van der Waals surface area contributed by atoms with E-state index in [1.54, 1.807) is 0 Å². The molecule has 3 aromatic rings. The predicted molar refractivity (Wildman–Crippen MR) is 83.8 cm³/mol. The third-order valence-corrected chi connectivity index (χ3v) is 3.75. The molecule has 100 valence electrons. The van der Waals surface area contributed by atoms with Gasteiger partial charge in [0.25, 0.3) is 0 Å². The Kier molecular flexibility index (Phi) is 3.58. The van der Waals surface area contributed by atoms with Crippen LogP contribution in [0.1, 0.15) is 5.56 Å². The minimum atomic E-state index is 1.03. The van der Waals surface area contributed by atoms with Crippen LogP contribution in [0.3, 0.4) is 0 Å². The minimum Gasteiger partial charge on any atom is -0.274 e. The van der Waals surface area contributed by atoms with E-state index in [9.17, 15) is 0 Å². The molecule has 0 amide bonds. The van der Waals surface area contributed by atoms with Gasteiger partial charge in [0.1, 0.15) is 0 Å². The van der Waals surface area contributed by atoms with Gasteiger partial charge in [-0.15, -0.1) is 0 Å². The van der Waals surface area contributed by atoms with Gasteiger partial charge >= 0.3 is 0 Å². The Bertz CT molecular complexity index is 699. The highest BCUT2D eigenvalue weighted by molar-refractivity contribution is 7.97. The van der Waals surface area contributed by atoms with Crippen LogP contribution < -0.4 is 5.14 Å². The smallest absolute Gasteiger partial charge is 0.0740 e. The summed E-state index contributed by atoms with van der Waals surface area (Å²) < 4.78 is 1.94. The van der Waals surface area contributed by atoms with Gasteiger partial charge in [0.15, 0.2) is 0 Å². The van der Waals surface area contributed by atoms with Crippen LogP contribution in [-0.4, -0.2) is 9.78 Å². The van der Waals surface area contributed by atoms with Crippen LogP contribution >= 0.6 is 11.9 Å². The van der Waals surface area contributed by atoms with Crippen molar-refractivity contribution in [1.82, 2.24) is 9.78 Å². The van der Waals surface area contributed by atoms with Crippen molar-refractivity contribution in [3.63, 3.8) is 0 Å². The molecule has 0 aliphatic carbocycles. The first-order valence-electron chi connectivity index (χ1n) is 6.36. The number of benzene rings is 2. The third kappa shape index (κ3) is 2.48. The molecule has 2 aromatic carbocycles. The highest BCUT2D eigenvalue weighted by atomic mass is 32.2. The van der Waals surface area contributed by atoms with E-state index in [0.717, 1.165) is 21.8 Å². The number of aromatic nitrogens is 2. The average molecular weight is 281 g/mol. The summed E-state index contributed by atoms with van der Waals surface area (Å²) in [6, 6.07) is 18.5. The van der Waals surface area contributed by atoms with Gasteiger partial charge in [-0.3, -0.25) is 5.14 Å². The van der Waals surface area contributed by atoms with Crippen LogP contribution in [0.2, 0.25) is 0 Å². The van der Waals surface area contributed by atoms with E-state index in [0.29, 0.717) is 0 Å². The van der Waals surface area contributed by atoms with Gasteiger partial charge in [-0.2, -0.15) is 5.10 Å². The van der Waals surface area contributed by atoms with E-state index < -0.39 is 0 Å². The molecule has 0 aliphatic heterocycles. The first-order chi connectivity index (χ1) is 9.78. The van der Waals surface area contributed by atoms with Crippen molar-refractivity contribution in [3.8, 4) is 16.9 Å². The predicted octanol–water partition coefficient (Wildman–Crippen LogP) is 3.81. The summed E-state index contributed by atoms with van der Waals surface area (Å²) >= 11 is 1.25. The van der Waals surface area contributed by atoms with Crippen LogP contribution in [-0.2, 0) is 0 Å². The molecule has 3 nitrogen and oxygen atoms in total. The van der Waals surface area contributed by atoms with Crippen molar-refractivity contribution >= 4 is 11.9 Å². The summed E-state index contributed by atoms with van der Waals surface area (Å²) in [5.41, 5.74) is 4.52. The normalized spacial score (nSPS) is 10.7. The van der Waals surface area contributed by atoms with Crippen LogP contribution in [0.5, 0.6) is 0 Å². The SMILES string of the molecule is Cc1ccc(-c2ccnn2-c2ccc(SN)cc2)cc1. The highest BCUT2D eigenvalue weighted by Crippen LogP contribution is 2.23. The highest BCUT2D eigenvalue weighted by Gasteiger charge is 2.07. The molecule has 0 saturated carbocycles. The van der Waals surface area contributed by atoms with Crippen molar-refractivity contribution in [2.45, 2.75) is 11.8 Å². The van der Waals surface area contributed by atoms with E-state index in [-0.39, 0.29) is 0 Å². The Morgan fingerprint density at radius 2 is 1.65 bits per heavy atom. The second-order valence-electron chi connectivity index (χ2n) is 4.61. The third-order valence-electron chi connectivity index (χ3n) is 3.21. The zero-order chi connectivity index (χ0) is 13.9. The molecular formula is C16H15N3S. The first-order valence-corrected chi connectivity index (χ1v) is 7.24. The van der Waals surface area contributed by atoms with Crippen molar-refractivity contribution in [2.24, 2.45) is 5.14 Å². The Morgan fingerprint density at radius 1 is 0.950 bits per heavy atom. The monoisotopic (exact) mass is 281 g/mol. The fourth-order valence-electron chi connectivity index (χ4n) is 2.12. The minimum absolute atomic E-state index is 1.03. The molecule has 2 N–H and O–H groups in total. The molecule has 0 unspecified atom stereocenters. The maximum atomic E-state index is 5.55. The van der Waals surface area contributed by atoms with Crippen molar-refractivity contribution in [1.29, 1.82) is 0 Å². The number of aryl methyl sites for hydroxylation is 1. The molecule has 0 atom stereocenters. The van der Waals surface area contributed by atoms with Gasteiger partial charge < -0.3 is 0 Å². The Balaban J connectivity index is 2.02. The molecule has 20 heavy (non-hydrogen) atoms. The fourth-order valence-corrected chi connectivity index (χ4v) is 2.41. The molecule has 0 radical (unpaired) electrons. The van der Waals surface area contributed by atoms with Gasteiger partial charge in [0.05, 0.1) is 17.6 Å². The summed E-state index contributed by atoms with van der Waals surface area (Å²) in [5.74, 6) is 0. The number of nitrogens with two attached hydrogens (primary N) is 1. The largest absolute Gasteiger partial charge is 0.274 e. The Morgan fingerprint density at radius 3 is 2.30 bits per heavy atom. The second kappa shape index (κ2) is 5.53. The van der Waals surface area contributed by atoms with E-state index in [2.05, 4.69) is 36.3 Å². The van der Waals surface area contributed by atoms with E-state index in [4.69, 9.17) is 5.14 Å². The molecule has 3 rings (SSSR count). The topological polar surface area (TPSA) is 43.8 Å². The standard InChI is InChI=1S/C16H15N3S/c1-12-2-4-13(5-3-12)16-10-11-18-19(16)14-6-8-15(20-17)9-7-14/h2-11H,17H2,1H3. The molecule has 0 bridgehead atoms. The lowest BCUT2D eigenvalue weighted by Gasteiger charge is -2.08. The summed E-state index contributed by atoms with van der Waals surface area (Å²) in [6.45, 7) is 2.09. The number of nitrogens with zero attached hydrogens (tertiary/aromatic N) is 2. The summed E-state index contributed by atoms with van der Waals surface area (Å²) in [7, 11) is 0. The Labute approximate surface area is 122 Å². The molecule has 0 spiro atoms. The van der Waals surface area contributed by atoms with Crippen molar-refractivity contribution in [3.05, 3.63) is 66.4 Å². The summed E-state index contributed by atoms with van der Waals surface area (Å²) in [4.78, 5) is 1.04. The summed E-state index contributed by atoms with van der Waals surface area (Å²) in [6.07, 6.45) is 1.82.